The molecule has 3 aromatic heterocycles. The summed E-state index contributed by atoms with van der Waals surface area (Å²) >= 11 is 0. The Balaban J connectivity index is 1.50. The number of hydrogen-bond donors (Lipinski definition) is 2. The summed E-state index contributed by atoms with van der Waals surface area (Å²) in [5, 5.41) is 14.2. The Hall–Kier alpha value is -3.86. The number of aromatic nitrogens is 5. The van der Waals surface area contributed by atoms with Crippen molar-refractivity contribution in [3.8, 4) is 5.82 Å². The molecular formula is C29H36N8O2. The van der Waals surface area contributed by atoms with Crippen molar-refractivity contribution >= 4 is 22.7 Å². The van der Waals surface area contributed by atoms with Crippen molar-refractivity contribution < 1.29 is 5.11 Å². The average molecular weight is 529 g/mol. The van der Waals surface area contributed by atoms with Crippen molar-refractivity contribution in [3.05, 3.63) is 82.4 Å². The van der Waals surface area contributed by atoms with Crippen molar-refractivity contribution in [1.82, 2.24) is 34.1 Å². The maximum Gasteiger partial charge on any atom is 0.278 e. The molecule has 5 rings (SSSR count). The summed E-state index contributed by atoms with van der Waals surface area (Å²) in [4.78, 5) is 31.8. The van der Waals surface area contributed by atoms with E-state index >= 15 is 0 Å². The van der Waals surface area contributed by atoms with Crippen LogP contribution in [-0.4, -0.2) is 73.0 Å². The monoisotopic (exact) mass is 528 g/mol. The molecule has 0 spiro atoms. The number of rotatable bonds is 9. The highest BCUT2D eigenvalue weighted by molar-refractivity contribution is 5.77. The second-order valence-corrected chi connectivity index (χ2v) is 10.8. The standard InChI is InChI=1S/C29H36N8O2/c1-6-13-36-27(38)23-18-30-28(33-26(23)37(36)25-9-7-8-24(32-25)29(2,3)39)31-22-11-10-20-12-14-35(16-15-34(4)5)19-21(20)17-22/h6-11,17-18,39H,1,12-16,19H2,2-5H3,(H,30,31,33). The quantitative estimate of drug-likeness (QED) is 0.320. The van der Waals surface area contributed by atoms with Crippen LogP contribution in [0.4, 0.5) is 11.6 Å². The molecule has 4 aromatic rings. The number of aliphatic hydroxyl groups is 1. The Morgan fingerprint density at radius 3 is 2.74 bits per heavy atom. The van der Waals surface area contributed by atoms with E-state index < -0.39 is 5.60 Å². The second kappa shape index (κ2) is 10.7. The molecule has 0 atom stereocenters. The van der Waals surface area contributed by atoms with E-state index in [0.717, 1.165) is 38.3 Å². The maximum absolute atomic E-state index is 13.3. The Morgan fingerprint density at radius 1 is 1.18 bits per heavy atom. The van der Waals surface area contributed by atoms with Crippen LogP contribution in [0.2, 0.25) is 0 Å². The topological polar surface area (TPSA) is 104 Å². The van der Waals surface area contributed by atoms with Crippen LogP contribution in [0.5, 0.6) is 0 Å². The molecule has 10 heteroatoms. The summed E-state index contributed by atoms with van der Waals surface area (Å²) in [6.45, 7) is 11.5. The van der Waals surface area contributed by atoms with Gasteiger partial charge < -0.3 is 15.3 Å². The molecule has 0 radical (unpaired) electrons. The SMILES string of the molecule is C=CCn1c(=O)c2cnc(Nc3ccc4c(c3)CN(CCN(C)C)CC4)nc2n1-c1cccc(C(C)(C)O)n1. The van der Waals surface area contributed by atoms with Gasteiger partial charge in [-0.25, -0.2) is 19.3 Å². The summed E-state index contributed by atoms with van der Waals surface area (Å²) in [6.07, 6.45) is 4.23. The molecule has 1 aliphatic heterocycles. The average Bonchev–Trinajstić information content (AvgIpc) is 3.17. The minimum Gasteiger partial charge on any atom is -0.384 e. The summed E-state index contributed by atoms with van der Waals surface area (Å²) < 4.78 is 3.19. The van der Waals surface area contributed by atoms with E-state index in [0.29, 0.717) is 28.5 Å². The molecule has 10 nitrogen and oxygen atoms in total. The van der Waals surface area contributed by atoms with Crippen LogP contribution in [0.15, 0.2) is 60.0 Å². The van der Waals surface area contributed by atoms with Gasteiger partial charge in [-0.2, -0.15) is 4.98 Å². The molecule has 0 saturated heterocycles. The lowest BCUT2D eigenvalue weighted by Crippen LogP contribution is -2.35. The van der Waals surface area contributed by atoms with Crippen LogP contribution in [0.3, 0.4) is 0 Å². The van der Waals surface area contributed by atoms with Crippen molar-refractivity contribution in [2.75, 3.05) is 39.0 Å². The molecule has 39 heavy (non-hydrogen) atoms. The third kappa shape index (κ3) is 5.63. The van der Waals surface area contributed by atoms with Gasteiger partial charge >= 0.3 is 0 Å². The molecular weight excluding hydrogens is 492 g/mol. The van der Waals surface area contributed by atoms with Gasteiger partial charge in [0.2, 0.25) is 5.95 Å². The van der Waals surface area contributed by atoms with E-state index in [1.807, 2.05) is 6.07 Å². The first-order valence-corrected chi connectivity index (χ1v) is 13.2. The third-order valence-electron chi connectivity index (χ3n) is 6.97. The van der Waals surface area contributed by atoms with Gasteiger partial charge in [0.1, 0.15) is 11.0 Å². The van der Waals surface area contributed by atoms with Crippen molar-refractivity contribution in [2.45, 2.75) is 39.0 Å². The van der Waals surface area contributed by atoms with Gasteiger partial charge in [-0.1, -0.05) is 18.2 Å². The number of anilines is 2. The largest absolute Gasteiger partial charge is 0.384 e. The number of hydrogen-bond acceptors (Lipinski definition) is 8. The number of fused-ring (bicyclic) bond motifs is 2. The molecule has 0 aliphatic carbocycles. The molecule has 0 bridgehead atoms. The van der Waals surface area contributed by atoms with E-state index in [4.69, 9.17) is 4.98 Å². The molecule has 4 heterocycles. The predicted octanol–water partition coefficient (Wildman–Crippen LogP) is 3.05. The van der Waals surface area contributed by atoms with Gasteiger partial charge in [-0.3, -0.25) is 9.69 Å². The van der Waals surface area contributed by atoms with E-state index in [1.54, 1.807) is 49.0 Å². The molecule has 0 fully saturated rings. The summed E-state index contributed by atoms with van der Waals surface area (Å²) in [6, 6.07) is 11.7. The predicted molar refractivity (Wildman–Crippen MR) is 154 cm³/mol. The highest BCUT2D eigenvalue weighted by atomic mass is 16.3. The fraction of sp³-hybridized carbons (Fsp3) is 0.379. The first kappa shape index (κ1) is 26.7. The van der Waals surface area contributed by atoms with Gasteiger partial charge in [0.15, 0.2) is 11.5 Å². The zero-order valence-electron chi connectivity index (χ0n) is 23.1. The van der Waals surface area contributed by atoms with Crippen LogP contribution >= 0.6 is 0 Å². The molecule has 1 aliphatic rings. The van der Waals surface area contributed by atoms with E-state index in [-0.39, 0.29) is 12.1 Å². The van der Waals surface area contributed by atoms with Crippen molar-refractivity contribution in [1.29, 1.82) is 0 Å². The van der Waals surface area contributed by atoms with Crippen LogP contribution in [0.1, 0.15) is 30.7 Å². The highest BCUT2D eigenvalue weighted by Gasteiger charge is 2.22. The third-order valence-corrected chi connectivity index (χ3v) is 6.97. The first-order chi connectivity index (χ1) is 18.6. The Morgan fingerprint density at radius 2 is 2.00 bits per heavy atom. The van der Waals surface area contributed by atoms with Gasteiger partial charge in [0.25, 0.3) is 5.56 Å². The fourth-order valence-corrected chi connectivity index (χ4v) is 4.85. The van der Waals surface area contributed by atoms with Crippen molar-refractivity contribution in [2.24, 2.45) is 0 Å². The highest BCUT2D eigenvalue weighted by Crippen LogP contribution is 2.25. The zero-order chi connectivity index (χ0) is 27.7. The molecule has 0 unspecified atom stereocenters. The molecule has 0 amide bonds. The molecule has 1 aromatic carbocycles. The number of allylic oxidation sites excluding steroid dienone is 1. The fourth-order valence-electron chi connectivity index (χ4n) is 4.85. The minimum atomic E-state index is -1.14. The van der Waals surface area contributed by atoms with Gasteiger partial charge in [-0.15, -0.1) is 6.58 Å². The Labute approximate surface area is 228 Å². The Kier molecular flexibility index (Phi) is 7.35. The lowest BCUT2D eigenvalue weighted by molar-refractivity contribution is 0.0738. The normalized spacial score (nSPS) is 14.1. The van der Waals surface area contributed by atoms with Gasteiger partial charge in [0, 0.05) is 38.1 Å². The smallest absolute Gasteiger partial charge is 0.278 e. The summed E-state index contributed by atoms with van der Waals surface area (Å²) in [5.41, 5.74) is 3.09. The molecule has 204 valence electrons. The van der Waals surface area contributed by atoms with E-state index in [2.05, 4.69) is 57.9 Å². The zero-order valence-corrected chi connectivity index (χ0v) is 23.1. The van der Waals surface area contributed by atoms with Crippen LogP contribution in [-0.2, 0) is 25.1 Å². The second-order valence-electron chi connectivity index (χ2n) is 10.8. The Bertz CT molecular complexity index is 1560. The lowest BCUT2D eigenvalue weighted by atomic mass is 9.99. The number of pyridine rings is 1. The van der Waals surface area contributed by atoms with Gasteiger partial charge in [0.05, 0.1) is 12.2 Å². The number of likely N-dealkylation sites (N-methyl/N-ethyl adjacent to an activating group) is 1. The number of nitrogens with one attached hydrogen (secondary N) is 1. The molecule has 2 N–H and O–H groups in total. The van der Waals surface area contributed by atoms with Gasteiger partial charge in [-0.05, 0) is 69.8 Å². The van der Waals surface area contributed by atoms with Crippen LogP contribution < -0.4 is 10.9 Å². The van der Waals surface area contributed by atoms with Crippen LogP contribution in [0, 0.1) is 0 Å². The van der Waals surface area contributed by atoms with Crippen molar-refractivity contribution in [3.63, 3.8) is 0 Å². The van der Waals surface area contributed by atoms with E-state index in [1.165, 1.54) is 15.8 Å². The molecule has 0 saturated carbocycles. The first-order valence-electron chi connectivity index (χ1n) is 13.2. The van der Waals surface area contributed by atoms with Crippen LogP contribution in [0.25, 0.3) is 16.9 Å². The van der Waals surface area contributed by atoms with E-state index in [9.17, 15) is 9.90 Å². The number of benzene rings is 1. The summed E-state index contributed by atoms with van der Waals surface area (Å²) in [7, 11) is 4.20. The number of nitrogens with zero attached hydrogens (tertiary/aromatic N) is 7. The summed E-state index contributed by atoms with van der Waals surface area (Å²) in [5.74, 6) is 0.852. The lowest BCUT2D eigenvalue weighted by Gasteiger charge is -2.30. The minimum absolute atomic E-state index is 0.237. The maximum atomic E-state index is 13.3.